The molecule has 146 valence electrons. The fourth-order valence-corrected chi connectivity index (χ4v) is 3.84. The van der Waals surface area contributed by atoms with Crippen LogP contribution in [0.4, 0.5) is 0 Å². The lowest BCUT2D eigenvalue weighted by Crippen LogP contribution is -2.29. The first kappa shape index (κ1) is 18.2. The number of nitrogens with one attached hydrogen (secondary N) is 1. The molecular weight excluding hydrogens is 356 g/mol. The minimum atomic E-state index is -0.187. The first-order chi connectivity index (χ1) is 13.6. The first-order valence-corrected chi connectivity index (χ1v) is 9.63. The van der Waals surface area contributed by atoms with E-state index in [4.69, 9.17) is 0 Å². The van der Waals surface area contributed by atoms with Crippen molar-refractivity contribution in [2.24, 2.45) is 0 Å². The Balaban J connectivity index is 1.52. The van der Waals surface area contributed by atoms with E-state index in [0.717, 1.165) is 43.7 Å². The van der Waals surface area contributed by atoms with E-state index in [2.05, 4.69) is 15.3 Å². The summed E-state index contributed by atoms with van der Waals surface area (Å²) in [5.41, 5.74) is 1.17. The normalized spacial score (nSPS) is 16.6. The van der Waals surface area contributed by atoms with E-state index in [9.17, 15) is 9.59 Å². The van der Waals surface area contributed by atoms with Gasteiger partial charge in [0.15, 0.2) is 5.69 Å². The molecule has 0 aromatic carbocycles. The Labute approximate surface area is 163 Å². The highest BCUT2D eigenvalue weighted by Gasteiger charge is 2.32. The number of nitrogens with zero attached hydrogens (tertiary/aromatic N) is 5. The first-order valence-electron chi connectivity index (χ1n) is 9.63. The van der Waals surface area contributed by atoms with Crippen LogP contribution in [0.5, 0.6) is 0 Å². The summed E-state index contributed by atoms with van der Waals surface area (Å²) in [6.07, 6.45) is 9.93. The number of pyridine rings is 1. The van der Waals surface area contributed by atoms with Crippen LogP contribution in [0.25, 0.3) is 5.52 Å². The summed E-state index contributed by atoms with van der Waals surface area (Å²) in [6.45, 7) is 3.67. The summed E-state index contributed by atoms with van der Waals surface area (Å²) in [6, 6.07) is 5.62. The lowest BCUT2D eigenvalue weighted by atomic mass is 10.2. The van der Waals surface area contributed by atoms with Crippen LogP contribution in [0.3, 0.4) is 0 Å². The summed E-state index contributed by atoms with van der Waals surface area (Å²) in [4.78, 5) is 35.3. The molecule has 4 rings (SSSR count). The molecule has 0 saturated carbocycles. The van der Waals surface area contributed by atoms with Crippen molar-refractivity contribution in [1.82, 2.24) is 29.2 Å². The molecule has 1 aliphatic heterocycles. The van der Waals surface area contributed by atoms with Gasteiger partial charge in [0.25, 0.3) is 5.91 Å². The van der Waals surface area contributed by atoms with Gasteiger partial charge in [-0.05, 0) is 31.4 Å². The second-order valence-corrected chi connectivity index (χ2v) is 7.05. The zero-order valence-electron chi connectivity index (χ0n) is 15.9. The van der Waals surface area contributed by atoms with Crippen LogP contribution in [-0.2, 0) is 11.3 Å². The van der Waals surface area contributed by atoms with Gasteiger partial charge in [-0.3, -0.25) is 9.59 Å². The Morgan fingerprint density at radius 1 is 1.29 bits per heavy atom. The SMILES string of the molecule is CC(=O)N1CCCC1c1nc(C(=O)NCCCn2ccnc2)c2ccccn12. The van der Waals surface area contributed by atoms with Crippen molar-refractivity contribution in [3.63, 3.8) is 0 Å². The summed E-state index contributed by atoms with van der Waals surface area (Å²) in [5, 5.41) is 2.96. The lowest BCUT2D eigenvalue weighted by Gasteiger charge is -2.22. The molecular formula is C20H24N6O2. The monoisotopic (exact) mass is 380 g/mol. The summed E-state index contributed by atoms with van der Waals surface area (Å²) >= 11 is 0. The number of fused-ring (bicyclic) bond motifs is 1. The van der Waals surface area contributed by atoms with Crippen LogP contribution in [-0.4, -0.2) is 48.7 Å². The molecule has 1 fully saturated rings. The lowest BCUT2D eigenvalue weighted by molar-refractivity contribution is -0.129. The van der Waals surface area contributed by atoms with Gasteiger partial charge in [-0.2, -0.15) is 0 Å². The minimum absolute atomic E-state index is 0.0423. The smallest absolute Gasteiger partial charge is 0.272 e. The van der Waals surface area contributed by atoms with E-state index < -0.39 is 0 Å². The minimum Gasteiger partial charge on any atom is -0.351 e. The third-order valence-corrected chi connectivity index (χ3v) is 5.18. The van der Waals surface area contributed by atoms with Crippen LogP contribution in [0.2, 0.25) is 0 Å². The average Bonchev–Trinajstić information content (AvgIpc) is 3.43. The predicted octanol–water partition coefficient (Wildman–Crippen LogP) is 2.03. The van der Waals surface area contributed by atoms with Gasteiger partial charge >= 0.3 is 0 Å². The molecule has 28 heavy (non-hydrogen) atoms. The summed E-state index contributed by atoms with van der Waals surface area (Å²) < 4.78 is 3.92. The molecule has 0 aliphatic carbocycles. The van der Waals surface area contributed by atoms with Gasteiger partial charge in [-0.1, -0.05) is 6.07 Å². The summed E-state index contributed by atoms with van der Waals surface area (Å²) in [5.74, 6) is 0.612. The van der Waals surface area contributed by atoms with Gasteiger partial charge in [0, 0.05) is 45.1 Å². The van der Waals surface area contributed by atoms with Crippen LogP contribution < -0.4 is 5.32 Å². The molecule has 1 unspecified atom stereocenters. The van der Waals surface area contributed by atoms with Crippen molar-refractivity contribution < 1.29 is 9.59 Å². The average molecular weight is 380 g/mol. The van der Waals surface area contributed by atoms with Crippen molar-refractivity contribution >= 4 is 17.3 Å². The van der Waals surface area contributed by atoms with Crippen molar-refractivity contribution in [2.75, 3.05) is 13.1 Å². The number of aryl methyl sites for hydroxylation is 1. The number of aromatic nitrogens is 4. The van der Waals surface area contributed by atoms with Crippen molar-refractivity contribution in [3.8, 4) is 0 Å². The van der Waals surface area contributed by atoms with Crippen LogP contribution in [0.15, 0.2) is 43.1 Å². The Hall–Kier alpha value is -3.16. The number of carbonyl (C=O) groups is 2. The number of rotatable bonds is 6. The summed E-state index contributed by atoms with van der Waals surface area (Å²) in [7, 11) is 0. The van der Waals surface area contributed by atoms with Crippen molar-refractivity contribution in [2.45, 2.75) is 38.8 Å². The van der Waals surface area contributed by atoms with E-state index >= 15 is 0 Å². The number of likely N-dealkylation sites (tertiary alicyclic amines) is 1. The standard InChI is InChI=1S/C20H24N6O2/c1-15(27)25-12-4-7-17(25)19-23-18(16-6-2-3-11-26(16)19)20(28)22-8-5-10-24-13-9-21-14-24/h2-3,6,9,11,13-14,17H,4-5,7-8,10,12H2,1H3,(H,22,28). The highest BCUT2D eigenvalue weighted by atomic mass is 16.2. The number of imidazole rings is 2. The maximum absolute atomic E-state index is 12.8. The Bertz CT molecular complexity index is 978. The van der Waals surface area contributed by atoms with E-state index in [-0.39, 0.29) is 17.9 Å². The zero-order valence-corrected chi connectivity index (χ0v) is 15.9. The van der Waals surface area contributed by atoms with Crippen molar-refractivity contribution in [3.05, 3.63) is 54.6 Å². The molecule has 0 spiro atoms. The highest BCUT2D eigenvalue weighted by Crippen LogP contribution is 2.32. The van der Waals surface area contributed by atoms with Gasteiger partial charge in [-0.25, -0.2) is 9.97 Å². The topological polar surface area (TPSA) is 84.5 Å². The zero-order chi connectivity index (χ0) is 19.5. The van der Waals surface area contributed by atoms with Gasteiger partial charge < -0.3 is 19.2 Å². The molecule has 0 radical (unpaired) electrons. The van der Waals surface area contributed by atoms with Crippen LogP contribution >= 0.6 is 0 Å². The number of carbonyl (C=O) groups excluding carboxylic acids is 2. The Kier molecular flexibility index (Phi) is 5.10. The highest BCUT2D eigenvalue weighted by molar-refractivity contribution is 5.99. The molecule has 3 aromatic rings. The number of hydrogen-bond acceptors (Lipinski definition) is 4. The second kappa shape index (κ2) is 7.84. The molecule has 8 heteroatoms. The largest absolute Gasteiger partial charge is 0.351 e. The van der Waals surface area contributed by atoms with E-state index in [0.29, 0.717) is 12.2 Å². The molecule has 3 aromatic heterocycles. The van der Waals surface area contributed by atoms with E-state index in [1.54, 1.807) is 19.4 Å². The predicted molar refractivity (Wildman–Crippen MR) is 104 cm³/mol. The van der Waals surface area contributed by atoms with Crippen LogP contribution in [0.1, 0.15) is 48.5 Å². The molecule has 8 nitrogen and oxygen atoms in total. The molecule has 4 heterocycles. The Morgan fingerprint density at radius 3 is 2.96 bits per heavy atom. The third-order valence-electron chi connectivity index (χ3n) is 5.18. The Morgan fingerprint density at radius 2 is 2.18 bits per heavy atom. The van der Waals surface area contributed by atoms with Gasteiger partial charge in [0.1, 0.15) is 5.82 Å². The molecule has 1 aliphatic rings. The second-order valence-electron chi connectivity index (χ2n) is 7.05. The fraction of sp³-hybridized carbons (Fsp3) is 0.400. The third kappa shape index (κ3) is 3.49. The maximum Gasteiger partial charge on any atom is 0.272 e. The molecule has 2 amide bonds. The number of hydrogen-bond donors (Lipinski definition) is 1. The molecule has 1 N–H and O–H groups in total. The fourth-order valence-electron chi connectivity index (χ4n) is 3.84. The van der Waals surface area contributed by atoms with Crippen molar-refractivity contribution in [1.29, 1.82) is 0 Å². The molecule has 1 saturated heterocycles. The van der Waals surface area contributed by atoms with Crippen LogP contribution in [0, 0.1) is 0 Å². The van der Waals surface area contributed by atoms with Gasteiger partial charge in [-0.15, -0.1) is 0 Å². The molecule has 1 atom stereocenters. The van der Waals surface area contributed by atoms with Gasteiger partial charge in [0.2, 0.25) is 5.91 Å². The quantitative estimate of drug-likeness (QED) is 0.663. The maximum atomic E-state index is 12.8. The number of amides is 2. The van der Waals surface area contributed by atoms with E-state index in [1.807, 2.05) is 44.5 Å². The van der Waals surface area contributed by atoms with Gasteiger partial charge in [0.05, 0.1) is 17.9 Å². The van der Waals surface area contributed by atoms with E-state index in [1.165, 1.54) is 0 Å². The molecule has 0 bridgehead atoms.